The highest BCUT2D eigenvalue weighted by Gasteiger charge is 2.47. The maximum atomic E-state index is 12.7. The summed E-state index contributed by atoms with van der Waals surface area (Å²) in [7, 11) is 0. The average molecular weight is 522 g/mol. The van der Waals surface area contributed by atoms with Crippen LogP contribution in [0.2, 0.25) is 0 Å². The summed E-state index contributed by atoms with van der Waals surface area (Å²) in [5.41, 5.74) is 1.18. The molecule has 0 aromatic heterocycles. The molecular weight excluding hydrogens is 494 g/mol. The Morgan fingerprint density at radius 3 is 2.26 bits per heavy atom. The molecule has 3 aliphatic rings. The molecule has 12 nitrogen and oxygen atoms in total. The number of fused-ring (bicyclic) bond motifs is 1. The Bertz CT molecular complexity index is 1230. The minimum Gasteiger partial charge on any atom is -0.387 e. The largest absolute Gasteiger partial charge is 0.387 e. The van der Waals surface area contributed by atoms with E-state index in [2.05, 4.69) is 16.0 Å². The lowest BCUT2D eigenvalue weighted by Gasteiger charge is -2.32. The lowest BCUT2D eigenvalue weighted by Crippen LogP contribution is -2.57. The first-order chi connectivity index (χ1) is 18.3. The standard InChI is InChI=1S/C26H27N5O7/c32-20-18(14-27-11-13-30-23(35)16-8-4-5-9-17(16)24(30)36)38-25(21(20)33)31-12-10-19(29-26(31)37)28-22(34)15-6-2-1-3-7-15/h1-10,12,18-21,25,27,32-33H,11,13-14H2,(H,28,34)(H,29,37)/t18-,19?,20?,21+,25-/m1/s1. The lowest BCUT2D eigenvalue weighted by molar-refractivity contribution is -0.0536. The molecule has 12 heteroatoms. The van der Waals surface area contributed by atoms with E-state index in [4.69, 9.17) is 4.74 Å². The maximum absolute atomic E-state index is 12.7. The van der Waals surface area contributed by atoms with Gasteiger partial charge in [0.1, 0.15) is 24.5 Å². The molecule has 3 heterocycles. The van der Waals surface area contributed by atoms with Crippen LogP contribution in [0.4, 0.5) is 4.79 Å². The Hall–Kier alpha value is -4.10. The maximum Gasteiger partial charge on any atom is 0.325 e. The van der Waals surface area contributed by atoms with Gasteiger partial charge in [0.05, 0.1) is 11.1 Å². The second-order valence-electron chi connectivity index (χ2n) is 9.07. The summed E-state index contributed by atoms with van der Waals surface area (Å²) in [6, 6.07) is 14.5. The fourth-order valence-corrected chi connectivity index (χ4v) is 4.61. The van der Waals surface area contributed by atoms with E-state index in [1.165, 1.54) is 12.3 Å². The molecule has 5 atom stereocenters. The SMILES string of the molecule is O=C(NC1C=CN([C@@H]2O[C@H](CNCCN3C(=O)c4ccccc4C3=O)C(O)[C@@H]2O)C(=O)N1)c1ccccc1. The Balaban J connectivity index is 1.11. The number of carbonyl (C=O) groups excluding carboxylic acids is 4. The topological polar surface area (TPSA) is 161 Å². The number of urea groups is 1. The number of carbonyl (C=O) groups is 4. The number of ether oxygens (including phenoxy) is 1. The lowest BCUT2D eigenvalue weighted by atomic mass is 10.1. The van der Waals surface area contributed by atoms with E-state index in [0.717, 1.165) is 9.80 Å². The summed E-state index contributed by atoms with van der Waals surface area (Å²) in [6.45, 7) is 0.465. The average Bonchev–Trinajstić information content (AvgIpc) is 3.34. The summed E-state index contributed by atoms with van der Waals surface area (Å²) in [6.07, 6.45) is -2.54. The van der Waals surface area contributed by atoms with Crippen molar-refractivity contribution in [3.05, 3.63) is 83.6 Å². The summed E-state index contributed by atoms with van der Waals surface area (Å²) < 4.78 is 5.76. The quantitative estimate of drug-likeness (QED) is 0.232. The van der Waals surface area contributed by atoms with Gasteiger partial charge in [0.2, 0.25) is 0 Å². The zero-order valence-corrected chi connectivity index (χ0v) is 20.2. The molecule has 0 radical (unpaired) electrons. The third-order valence-electron chi connectivity index (χ3n) is 6.62. The smallest absolute Gasteiger partial charge is 0.325 e. The molecule has 0 spiro atoms. The molecule has 0 aliphatic carbocycles. The van der Waals surface area contributed by atoms with Gasteiger partial charge in [0.25, 0.3) is 17.7 Å². The predicted molar refractivity (Wildman–Crippen MR) is 133 cm³/mol. The minimum atomic E-state index is -1.39. The van der Waals surface area contributed by atoms with E-state index in [1.54, 1.807) is 54.6 Å². The Kier molecular flexibility index (Phi) is 7.20. The second kappa shape index (κ2) is 10.7. The zero-order chi connectivity index (χ0) is 26.8. The van der Waals surface area contributed by atoms with Crippen molar-refractivity contribution < 1.29 is 34.1 Å². The summed E-state index contributed by atoms with van der Waals surface area (Å²) >= 11 is 0. The fourth-order valence-electron chi connectivity index (χ4n) is 4.61. The van der Waals surface area contributed by atoms with Gasteiger partial charge in [-0.05, 0) is 30.3 Å². The number of rotatable bonds is 8. The first-order valence-electron chi connectivity index (χ1n) is 12.2. The highest BCUT2D eigenvalue weighted by atomic mass is 16.6. The van der Waals surface area contributed by atoms with Crippen molar-refractivity contribution in [3.63, 3.8) is 0 Å². The zero-order valence-electron chi connectivity index (χ0n) is 20.2. The molecule has 5 rings (SSSR count). The second-order valence-corrected chi connectivity index (χ2v) is 9.07. The summed E-state index contributed by atoms with van der Waals surface area (Å²) in [4.78, 5) is 52.2. The summed E-state index contributed by atoms with van der Waals surface area (Å²) in [5, 5.41) is 29.3. The number of hydrogen-bond donors (Lipinski definition) is 5. The Morgan fingerprint density at radius 1 is 0.947 bits per heavy atom. The van der Waals surface area contributed by atoms with Crippen molar-refractivity contribution in [2.75, 3.05) is 19.6 Å². The monoisotopic (exact) mass is 521 g/mol. The van der Waals surface area contributed by atoms with E-state index < -0.39 is 36.7 Å². The van der Waals surface area contributed by atoms with Crippen LogP contribution < -0.4 is 16.0 Å². The van der Waals surface area contributed by atoms with Crippen LogP contribution in [-0.2, 0) is 4.74 Å². The van der Waals surface area contributed by atoms with Crippen LogP contribution in [0.5, 0.6) is 0 Å². The van der Waals surface area contributed by atoms with Crippen LogP contribution in [0, 0.1) is 0 Å². The first kappa shape index (κ1) is 25.5. The molecule has 5 N–H and O–H groups in total. The van der Waals surface area contributed by atoms with Gasteiger partial charge in [-0.25, -0.2) is 4.79 Å². The molecule has 0 bridgehead atoms. The fraction of sp³-hybridized carbons (Fsp3) is 0.308. The van der Waals surface area contributed by atoms with Gasteiger partial charge >= 0.3 is 6.03 Å². The third-order valence-corrected chi connectivity index (χ3v) is 6.62. The van der Waals surface area contributed by atoms with E-state index >= 15 is 0 Å². The number of nitrogens with one attached hydrogen (secondary N) is 3. The molecule has 38 heavy (non-hydrogen) atoms. The number of nitrogens with zero attached hydrogens (tertiary/aromatic N) is 2. The third kappa shape index (κ3) is 4.89. The van der Waals surface area contributed by atoms with Gasteiger partial charge in [-0.1, -0.05) is 30.3 Å². The van der Waals surface area contributed by atoms with Gasteiger partial charge in [-0.3, -0.25) is 24.2 Å². The molecule has 5 amide bonds. The molecule has 0 saturated carbocycles. The van der Waals surface area contributed by atoms with Gasteiger partial charge < -0.3 is 30.9 Å². The molecule has 2 aromatic carbocycles. The van der Waals surface area contributed by atoms with Crippen LogP contribution >= 0.6 is 0 Å². The van der Waals surface area contributed by atoms with Crippen LogP contribution in [-0.4, -0.2) is 94.1 Å². The van der Waals surface area contributed by atoms with Gasteiger partial charge in [0.15, 0.2) is 6.23 Å². The minimum absolute atomic E-state index is 0.104. The molecule has 2 aromatic rings. The normalized spacial score (nSPS) is 26.5. The van der Waals surface area contributed by atoms with Crippen LogP contribution in [0.3, 0.4) is 0 Å². The number of aliphatic hydroxyl groups is 2. The highest BCUT2D eigenvalue weighted by Crippen LogP contribution is 2.26. The number of hydrogen-bond acceptors (Lipinski definition) is 8. The number of imide groups is 1. The van der Waals surface area contributed by atoms with Crippen LogP contribution in [0.15, 0.2) is 66.9 Å². The van der Waals surface area contributed by atoms with Gasteiger partial charge in [0, 0.05) is 31.4 Å². The van der Waals surface area contributed by atoms with E-state index in [9.17, 15) is 29.4 Å². The highest BCUT2D eigenvalue weighted by molar-refractivity contribution is 6.21. The first-order valence-corrected chi connectivity index (χ1v) is 12.2. The molecule has 2 unspecified atom stereocenters. The van der Waals surface area contributed by atoms with Gasteiger partial charge in [-0.2, -0.15) is 0 Å². The van der Waals surface area contributed by atoms with Crippen molar-refractivity contribution >= 4 is 23.8 Å². The molecule has 1 saturated heterocycles. The Morgan fingerprint density at radius 2 is 1.61 bits per heavy atom. The molecule has 198 valence electrons. The van der Waals surface area contributed by atoms with Gasteiger partial charge in [-0.15, -0.1) is 0 Å². The Labute approximate surface area is 217 Å². The van der Waals surface area contributed by atoms with E-state index in [-0.39, 0.29) is 37.4 Å². The predicted octanol–water partition coefficient (Wildman–Crippen LogP) is -0.386. The van der Waals surface area contributed by atoms with Crippen LogP contribution in [0.1, 0.15) is 31.1 Å². The van der Waals surface area contributed by atoms with E-state index in [1.807, 2.05) is 0 Å². The van der Waals surface area contributed by atoms with Crippen molar-refractivity contribution in [2.45, 2.75) is 30.7 Å². The van der Waals surface area contributed by atoms with Crippen molar-refractivity contribution in [1.29, 1.82) is 0 Å². The van der Waals surface area contributed by atoms with E-state index in [0.29, 0.717) is 16.7 Å². The number of amides is 5. The molecule has 3 aliphatic heterocycles. The van der Waals surface area contributed by atoms with Crippen LogP contribution in [0.25, 0.3) is 0 Å². The molecular formula is C26H27N5O7. The summed E-state index contributed by atoms with van der Waals surface area (Å²) in [5.74, 6) is -1.09. The van der Waals surface area contributed by atoms with Crippen molar-refractivity contribution in [2.24, 2.45) is 0 Å². The molecule has 1 fully saturated rings. The number of benzene rings is 2. The van der Waals surface area contributed by atoms with Crippen molar-refractivity contribution in [1.82, 2.24) is 25.8 Å². The number of aliphatic hydroxyl groups excluding tert-OH is 2. The van der Waals surface area contributed by atoms with Crippen molar-refractivity contribution in [3.8, 4) is 0 Å².